The van der Waals surface area contributed by atoms with Gasteiger partial charge in [0, 0.05) is 30.5 Å². The van der Waals surface area contributed by atoms with E-state index in [2.05, 4.69) is 10.3 Å². The van der Waals surface area contributed by atoms with Crippen LogP contribution in [0.2, 0.25) is 0 Å². The molecule has 1 aliphatic heterocycles. The van der Waals surface area contributed by atoms with E-state index in [0.29, 0.717) is 34.9 Å². The van der Waals surface area contributed by atoms with E-state index in [1.165, 1.54) is 0 Å². The Morgan fingerprint density at radius 3 is 2.92 bits per heavy atom. The second-order valence-electron chi connectivity index (χ2n) is 6.13. The number of benzene rings is 1. The number of aryl methyl sites for hydroxylation is 1. The van der Waals surface area contributed by atoms with Gasteiger partial charge in [0.1, 0.15) is 0 Å². The third kappa shape index (κ3) is 3.54. The van der Waals surface area contributed by atoms with Crippen LogP contribution in [0.5, 0.6) is 0 Å². The van der Waals surface area contributed by atoms with Gasteiger partial charge in [0.25, 0.3) is 0 Å². The zero-order valence-corrected chi connectivity index (χ0v) is 13.7. The zero-order valence-electron chi connectivity index (χ0n) is 13.7. The molecule has 0 spiro atoms. The molecule has 1 saturated heterocycles. The number of primary amides is 1. The summed E-state index contributed by atoms with van der Waals surface area (Å²) < 4.78 is 5.64. The minimum atomic E-state index is -0.521. The van der Waals surface area contributed by atoms with E-state index in [4.69, 9.17) is 10.2 Å². The fourth-order valence-corrected chi connectivity index (χ4v) is 3.04. The first kappa shape index (κ1) is 16.4. The van der Waals surface area contributed by atoms with Crippen molar-refractivity contribution in [2.75, 3.05) is 6.54 Å². The van der Waals surface area contributed by atoms with Gasteiger partial charge < -0.3 is 15.5 Å². The number of amides is 1. The minimum absolute atomic E-state index is 0.0503. The Labute approximate surface area is 140 Å². The highest BCUT2D eigenvalue weighted by atomic mass is 16.4. The standard InChI is InChI=1S/C18H21N3O3/c1-11-21-16(15(22)10-14-7-2-3-8-20-14)17(24-11)12-5-4-6-13(9-12)18(19)23/h4-6,9,14,20H,2-3,7-8,10H2,1H3,(H2,19,23). The molecule has 6 heteroatoms. The first-order chi connectivity index (χ1) is 11.5. The molecule has 0 saturated carbocycles. The van der Waals surface area contributed by atoms with Crippen LogP contribution in [0.1, 0.15) is 52.4 Å². The third-order valence-corrected chi connectivity index (χ3v) is 4.25. The highest BCUT2D eigenvalue weighted by molar-refractivity contribution is 6.00. The lowest BCUT2D eigenvalue weighted by atomic mass is 9.97. The van der Waals surface area contributed by atoms with E-state index in [0.717, 1.165) is 25.8 Å². The summed E-state index contributed by atoms with van der Waals surface area (Å²) in [5.74, 6) is 0.254. The number of nitrogens with two attached hydrogens (primary N) is 1. The maximum atomic E-state index is 12.7. The third-order valence-electron chi connectivity index (χ3n) is 4.25. The van der Waals surface area contributed by atoms with Gasteiger partial charge in [0.15, 0.2) is 23.1 Å². The molecule has 1 fully saturated rings. The van der Waals surface area contributed by atoms with Crippen molar-refractivity contribution in [1.82, 2.24) is 10.3 Å². The molecule has 24 heavy (non-hydrogen) atoms. The fraction of sp³-hybridized carbons (Fsp3) is 0.389. The van der Waals surface area contributed by atoms with Crippen molar-refractivity contribution in [1.29, 1.82) is 0 Å². The van der Waals surface area contributed by atoms with Crippen LogP contribution in [0.3, 0.4) is 0 Å². The summed E-state index contributed by atoms with van der Waals surface area (Å²) in [5.41, 5.74) is 6.65. The number of nitrogens with one attached hydrogen (secondary N) is 1. The van der Waals surface area contributed by atoms with Gasteiger partial charge in [-0.15, -0.1) is 0 Å². The van der Waals surface area contributed by atoms with Crippen LogP contribution in [0.15, 0.2) is 28.7 Å². The molecule has 2 heterocycles. The largest absolute Gasteiger partial charge is 0.440 e. The van der Waals surface area contributed by atoms with Gasteiger partial charge in [0.05, 0.1) is 0 Å². The van der Waals surface area contributed by atoms with Crippen molar-refractivity contribution in [3.63, 3.8) is 0 Å². The van der Waals surface area contributed by atoms with Crippen molar-refractivity contribution >= 4 is 11.7 Å². The molecule has 0 bridgehead atoms. The molecule has 1 amide bonds. The number of oxazole rings is 1. The summed E-state index contributed by atoms with van der Waals surface area (Å²) in [4.78, 5) is 28.3. The fourth-order valence-electron chi connectivity index (χ4n) is 3.04. The van der Waals surface area contributed by atoms with Gasteiger partial charge in [0.2, 0.25) is 5.91 Å². The summed E-state index contributed by atoms with van der Waals surface area (Å²) in [6.45, 7) is 2.65. The molecule has 0 radical (unpaired) electrons. The molecule has 0 aliphatic carbocycles. The summed E-state index contributed by atoms with van der Waals surface area (Å²) >= 11 is 0. The summed E-state index contributed by atoms with van der Waals surface area (Å²) in [5, 5.41) is 3.37. The van der Waals surface area contributed by atoms with Crippen molar-refractivity contribution in [3.05, 3.63) is 41.4 Å². The molecule has 126 valence electrons. The Morgan fingerprint density at radius 2 is 2.21 bits per heavy atom. The van der Waals surface area contributed by atoms with Crippen LogP contribution >= 0.6 is 0 Å². The van der Waals surface area contributed by atoms with Gasteiger partial charge in [-0.1, -0.05) is 18.6 Å². The molecule has 1 aromatic heterocycles. The van der Waals surface area contributed by atoms with E-state index in [1.807, 2.05) is 0 Å². The van der Waals surface area contributed by atoms with Gasteiger partial charge in [-0.05, 0) is 31.5 Å². The smallest absolute Gasteiger partial charge is 0.248 e. The quantitative estimate of drug-likeness (QED) is 0.822. The number of rotatable bonds is 5. The van der Waals surface area contributed by atoms with E-state index in [1.54, 1.807) is 31.2 Å². The van der Waals surface area contributed by atoms with Gasteiger partial charge in [-0.2, -0.15) is 0 Å². The summed E-state index contributed by atoms with van der Waals surface area (Å²) in [7, 11) is 0. The lowest BCUT2D eigenvalue weighted by Crippen LogP contribution is -2.35. The predicted octanol–water partition coefficient (Wildman–Crippen LogP) is 2.46. The molecule has 2 aromatic rings. The number of hydrogen-bond acceptors (Lipinski definition) is 5. The molecule has 1 atom stereocenters. The Bertz CT molecular complexity index is 761. The van der Waals surface area contributed by atoms with Crippen molar-refractivity contribution in [3.8, 4) is 11.3 Å². The topological polar surface area (TPSA) is 98.2 Å². The molecule has 1 aromatic carbocycles. The Hall–Kier alpha value is -2.47. The number of Topliss-reactive ketones (excluding diaryl/α,β-unsaturated/α-hetero) is 1. The maximum absolute atomic E-state index is 12.7. The van der Waals surface area contributed by atoms with Gasteiger partial charge >= 0.3 is 0 Å². The average molecular weight is 327 g/mol. The van der Waals surface area contributed by atoms with E-state index >= 15 is 0 Å². The van der Waals surface area contributed by atoms with Crippen LogP contribution in [-0.2, 0) is 0 Å². The Balaban J connectivity index is 1.88. The number of carbonyl (C=O) groups excluding carboxylic acids is 2. The Morgan fingerprint density at radius 1 is 1.38 bits per heavy atom. The molecule has 3 rings (SSSR count). The van der Waals surface area contributed by atoms with Crippen LogP contribution in [-0.4, -0.2) is 29.3 Å². The predicted molar refractivity (Wildman–Crippen MR) is 89.8 cm³/mol. The van der Waals surface area contributed by atoms with Crippen molar-refractivity contribution in [2.24, 2.45) is 5.73 Å². The number of hydrogen-bond donors (Lipinski definition) is 2. The maximum Gasteiger partial charge on any atom is 0.248 e. The zero-order chi connectivity index (χ0) is 17.1. The van der Waals surface area contributed by atoms with E-state index in [-0.39, 0.29) is 11.8 Å². The summed E-state index contributed by atoms with van der Waals surface area (Å²) in [6, 6.07) is 6.93. The molecule has 3 N–H and O–H groups in total. The van der Waals surface area contributed by atoms with Crippen molar-refractivity contribution < 1.29 is 14.0 Å². The van der Waals surface area contributed by atoms with Gasteiger partial charge in [-0.3, -0.25) is 9.59 Å². The monoisotopic (exact) mass is 327 g/mol. The Kier molecular flexibility index (Phi) is 4.76. The van der Waals surface area contributed by atoms with Crippen LogP contribution in [0, 0.1) is 6.92 Å². The molecule has 1 aliphatic rings. The SMILES string of the molecule is Cc1nc(C(=O)CC2CCCCN2)c(-c2cccc(C(N)=O)c2)o1. The number of ketones is 1. The molecular formula is C18H21N3O3. The highest BCUT2D eigenvalue weighted by Crippen LogP contribution is 2.27. The second kappa shape index (κ2) is 6.97. The number of aromatic nitrogens is 1. The average Bonchev–Trinajstić information content (AvgIpc) is 2.98. The lowest BCUT2D eigenvalue weighted by Gasteiger charge is -2.22. The minimum Gasteiger partial charge on any atom is -0.440 e. The highest BCUT2D eigenvalue weighted by Gasteiger charge is 2.24. The van der Waals surface area contributed by atoms with Crippen LogP contribution in [0.4, 0.5) is 0 Å². The van der Waals surface area contributed by atoms with E-state index < -0.39 is 5.91 Å². The van der Waals surface area contributed by atoms with Crippen LogP contribution in [0.25, 0.3) is 11.3 Å². The van der Waals surface area contributed by atoms with Gasteiger partial charge in [-0.25, -0.2) is 4.98 Å². The molecule has 1 unspecified atom stereocenters. The molecular weight excluding hydrogens is 306 g/mol. The number of carbonyl (C=O) groups is 2. The molecule has 6 nitrogen and oxygen atoms in total. The van der Waals surface area contributed by atoms with E-state index in [9.17, 15) is 9.59 Å². The first-order valence-electron chi connectivity index (χ1n) is 8.19. The normalized spacial score (nSPS) is 17.6. The number of nitrogens with zero attached hydrogens (tertiary/aromatic N) is 1. The number of piperidine rings is 1. The lowest BCUT2D eigenvalue weighted by molar-refractivity contribution is 0.0958. The summed E-state index contributed by atoms with van der Waals surface area (Å²) in [6.07, 6.45) is 3.68. The first-order valence-corrected chi connectivity index (χ1v) is 8.19. The van der Waals surface area contributed by atoms with Crippen molar-refractivity contribution in [2.45, 2.75) is 38.6 Å². The van der Waals surface area contributed by atoms with Crippen LogP contribution < -0.4 is 11.1 Å². The second-order valence-corrected chi connectivity index (χ2v) is 6.13.